The summed E-state index contributed by atoms with van der Waals surface area (Å²) >= 11 is 0. The zero-order chi connectivity index (χ0) is 11.8. The molecule has 2 rings (SSSR count). The molecule has 0 fully saturated rings. The zero-order valence-electron chi connectivity index (χ0n) is 10.7. The monoisotopic (exact) mass is 217 g/mol. The number of nitrogen functional groups attached to an aromatic ring is 1. The van der Waals surface area contributed by atoms with E-state index in [0.717, 1.165) is 5.69 Å². The summed E-state index contributed by atoms with van der Waals surface area (Å²) in [7, 11) is 0. The van der Waals surface area contributed by atoms with Crippen LogP contribution < -0.4 is 5.73 Å². The molecule has 1 atom stereocenters. The standard InChI is InChI=1S/C15H23N/c1-4-5-7-11-10-15(2,3)12-8-6-9-13(16)14(11)12/h6,8-9,11H,4-5,7,10,16H2,1-3H3. The van der Waals surface area contributed by atoms with Gasteiger partial charge >= 0.3 is 0 Å². The van der Waals surface area contributed by atoms with Crippen LogP contribution in [-0.4, -0.2) is 0 Å². The van der Waals surface area contributed by atoms with Crippen molar-refractivity contribution < 1.29 is 0 Å². The summed E-state index contributed by atoms with van der Waals surface area (Å²) in [5.74, 6) is 0.686. The fourth-order valence-electron chi connectivity index (χ4n) is 3.15. The van der Waals surface area contributed by atoms with E-state index in [2.05, 4.69) is 39.0 Å². The van der Waals surface area contributed by atoms with Crippen molar-refractivity contribution in [1.29, 1.82) is 0 Å². The zero-order valence-corrected chi connectivity index (χ0v) is 10.7. The summed E-state index contributed by atoms with van der Waals surface area (Å²) in [6, 6.07) is 6.41. The first kappa shape index (κ1) is 11.5. The highest BCUT2D eigenvalue weighted by molar-refractivity contribution is 5.57. The van der Waals surface area contributed by atoms with Crippen LogP contribution in [0.25, 0.3) is 0 Å². The minimum absolute atomic E-state index is 0.309. The molecule has 0 amide bonds. The molecule has 0 heterocycles. The highest BCUT2D eigenvalue weighted by Gasteiger charge is 2.37. The van der Waals surface area contributed by atoms with Gasteiger partial charge in [-0.1, -0.05) is 45.7 Å². The molecule has 1 nitrogen and oxygen atoms in total. The molecule has 88 valence electrons. The number of benzene rings is 1. The molecule has 0 saturated heterocycles. The first-order valence-electron chi connectivity index (χ1n) is 6.45. The lowest BCUT2D eigenvalue weighted by Gasteiger charge is -2.19. The summed E-state index contributed by atoms with van der Waals surface area (Å²) in [5.41, 5.74) is 10.4. The number of anilines is 1. The Hall–Kier alpha value is -0.980. The van der Waals surface area contributed by atoms with E-state index in [1.165, 1.54) is 36.8 Å². The first-order valence-corrected chi connectivity index (χ1v) is 6.45. The summed E-state index contributed by atoms with van der Waals surface area (Å²) < 4.78 is 0. The fourth-order valence-corrected chi connectivity index (χ4v) is 3.15. The number of rotatable bonds is 3. The van der Waals surface area contributed by atoms with Crippen molar-refractivity contribution in [1.82, 2.24) is 0 Å². The molecule has 0 aromatic heterocycles. The van der Waals surface area contributed by atoms with Gasteiger partial charge < -0.3 is 5.73 Å². The molecule has 2 N–H and O–H groups in total. The Morgan fingerprint density at radius 2 is 2.12 bits per heavy atom. The van der Waals surface area contributed by atoms with Crippen LogP contribution in [0.15, 0.2) is 18.2 Å². The predicted octanol–water partition coefficient (Wildman–Crippen LogP) is 4.22. The second-order valence-electron chi connectivity index (χ2n) is 5.74. The predicted molar refractivity (Wildman–Crippen MR) is 70.8 cm³/mol. The van der Waals surface area contributed by atoms with Gasteiger partial charge in [-0.05, 0) is 41.4 Å². The Kier molecular flexibility index (Phi) is 2.96. The Labute approximate surface area is 99.0 Å². The Morgan fingerprint density at radius 1 is 1.38 bits per heavy atom. The quantitative estimate of drug-likeness (QED) is 0.754. The third-order valence-corrected chi connectivity index (χ3v) is 3.94. The van der Waals surface area contributed by atoms with Crippen molar-refractivity contribution in [2.24, 2.45) is 0 Å². The molecule has 0 radical (unpaired) electrons. The Bertz CT molecular complexity index is 379. The lowest BCUT2D eigenvalue weighted by Crippen LogP contribution is -2.12. The van der Waals surface area contributed by atoms with Crippen molar-refractivity contribution in [3.63, 3.8) is 0 Å². The van der Waals surface area contributed by atoms with Gasteiger partial charge in [-0.25, -0.2) is 0 Å². The van der Waals surface area contributed by atoms with Gasteiger partial charge in [0.1, 0.15) is 0 Å². The van der Waals surface area contributed by atoms with Gasteiger partial charge in [-0.2, -0.15) is 0 Å². The summed E-state index contributed by atoms with van der Waals surface area (Å²) in [4.78, 5) is 0. The second kappa shape index (κ2) is 4.12. The second-order valence-corrected chi connectivity index (χ2v) is 5.74. The minimum Gasteiger partial charge on any atom is -0.398 e. The average molecular weight is 217 g/mol. The van der Waals surface area contributed by atoms with Crippen molar-refractivity contribution >= 4 is 5.69 Å². The van der Waals surface area contributed by atoms with Gasteiger partial charge in [0.25, 0.3) is 0 Å². The van der Waals surface area contributed by atoms with Gasteiger partial charge in [0, 0.05) is 5.69 Å². The van der Waals surface area contributed by atoms with E-state index in [0.29, 0.717) is 11.3 Å². The summed E-state index contributed by atoms with van der Waals surface area (Å²) in [5, 5.41) is 0. The van der Waals surface area contributed by atoms with Crippen LogP contribution in [0.2, 0.25) is 0 Å². The third kappa shape index (κ3) is 1.83. The highest BCUT2D eigenvalue weighted by Crippen LogP contribution is 2.49. The average Bonchev–Trinajstić information content (AvgIpc) is 2.49. The molecule has 0 spiro atoms. The van der Waals surface area contributed by atoms with Crippen LogP contribution in [0.5, 0.6) is 0 Å². The van der Waals surface area contributed by atoms with Gasteiger partial charge in [-0.3, -0.25) is 0 Å². The lowest BCUT2D eigenvalue weighted by atomic mass is 9.85. The normalized spacial score (nSPS) is 22.1. The van der Waals surface area contributed by atoms with Crippen molar-refractivity contribution in [2.45, 2.75) is 57.8 Å². The lowest BCUT2D eigenvalue weighted by molar-refractivity contribution is 0.453. The van der Waals surface area contributed by atoms with E-state index in [1.807, 2.05) is 0 Å². The summed E-state index contributed by atoms with van der Waals surface area (Å²) in [6.45, 7) is 6.95. The largest absolute Gasteiger partial charge is 0.398 e. The summed E-state index contributed by atoms with van der Waals surface area (Å²) in [6.07, 6.45) is 5.14. The Balaban J connectivity index is 2.36. The van der Waals surface area contributed by atoms with Crippen LogP contribution in [0.1, 0.15) is 63.5 Å². The van der Waals surface area contributed by atoms with Crippen LogP contribution >= 0.6 is 0 Å². The van der Waals surface area contributed by atoms with E-state index in [-0.39, 0.29) is 0 Å². The number of hydrogen-bond acceptors (Lipinski definition) is 1. The minimum atomic E-state index is 0.309. The van der Waals surface area contributed by atoms with Gasteiger partial charge in [0.05, 0.1) is 0 Å². The van der Waals surface area contributed by atoms with E-state index in [4.69, 9.17) is 5.73 Å². The van der Waals surface area contributed by atoms with Crippen molar-refractivity contribution in [3.8, 4) is 0 Å². The van der Waals surface area contributed by atoms with E-state index < -0.39 is 0 Å². The fraction of sp³-hybridized carbons (Fsp3) is 0.600. The van der Waals surface area contributed by atoms with Crippen molar-refractivity contribution in [3.05, 3.63) is 29.3 Å². The molecular weight excluding hydrogens is 194 g/mol. The molecular formula is C15H23N. The van der Waals surface area contributed by atoms with E-state index in [9.17, 15) is 0 Å². The van der Waals surface area contributed by atoms with Crippen LogP contribution in [0.3, 0.4) is 0 Å². The maximum absolute atomic E-state index is 6.16. The SMILES string of the molecule is CCCCC1CC(C)(C)c2cccc(N)c21. The maximum atomic E-state index is 6.16. The molecule has 1 aliphatic carbocycles. The number of hydrogen-bond donors (Lipinski definition) is 1. The van der Waals surface area contributed by atoms with Gasteiger partial charge in [0.15, 0.2) is 0 Å². The third-order valence-electron chi connectivity index (χ3n) is 3.94. The topological polar surface area (TPSA) is 26.0 Å². The smallest absolute Gasteiger partial charge is 0.0352 e. The van der Waals surface area contributed by atoms with Crippen LogP contribution in [-0.2, 0) is 5.41 Å². The van der Waals surface area contributed by atoms with Gasteiger partial charge in [-0.15, -0.1) is 0 Å². The molecule has 16 heavy (non-hydrogen) atoms. The number of fused-ring (bicyclic) bond motifs is 1. The van der Waals surface area contributed by atoms with E-state index >= 15 is 0 Å². The molecule has 1 aromatic carbocycles. The molecule has 0 saturated carbocycles. The maximum Gasteiger partial charge on any atom is 0.0352 e. The number of nitrogens with two attached hydrogens (primary N) is 1. The van der Waals surface area contributed by atoms with Crippen LogP contribution in [0.4, 0.5) is 5.69 Å². The molecule has 1 aromatic rings. The number of unbranched alkanes of at least 4 members (excludes halogenated alkanes) is 1. The highest BCUT2D eigenvalue weighted by atomic mass is 14.6. The van der Waals surface area contributed by atoms with Crippen molar-refractivity contribution in [2.75, 3.05) is 5.73 Å². The molecule has 1 aliphatic rings. The van der Waals surface area contributed by atoms with Crippen LogP contribution in [0, 0.1) is 0 Å². The molecule has 1 heteroatoms. The van der Waals surface area contributed by atoms with E-state index in [1.54, 1.807) is 0 Å². The molecule has 0 aliphatic heterocycles. The first-order chi connectivity index (χ1) is 7.56. The molecule has 0 bridgehead atoms. The van der Waals surface area contributed by atoms with Gasteiger partial charge in [0.2, 0.25) is 0 Å². The molecule has 1 unspecified atom stereocenters. The Morgan fingerprint density at radius 3 is 2.81 bits per heavy atom.